The van der Waals surface area contributed by atoms with E-state index < -0.39 is 11.9 Å². The van der Waals surface area contributed by atoms with Crippen molar-refractivity contribution in [2.24, 2.45) is 0 Å². The number of carboxylic acids is 1. The Morgan fingerprint density at radius 3 is 2.33 bits per heavy atom. The van der Waals surface area contributed by atoms with Crippen LogP contribution in [0.4, 0.5) is 5.69 Å². The Morgan fingerprint density at radius 1 is 1.15 bits per heavy atom. The molecule has 0 saturated carbocycles. The molecule has 9 heteroatoms. The molecule has 0 fully saturated rings. The average Bonchev–Trinajstić information content (AvgIpc) is 2.56. The number of carbonyl (C=O) groups excluding carboxylic acids is 1. The minimum Gasteiger partial charge on any atom is -0.491 e. The van der Waals surface area contributed by atoms with Gasteiger partial charge in [-0.05, 0) is 62.5 Å². The number of carbonyl (C=O) groups is 2. The van der Waals surface area contributed by atoms with E-state index in [2.05, 4.69) is 10.6 Å². The Morgan fingerprint density at radius 2 is 1.78 bits per heavy atom. The van der Waals surface area contributed by atoms with Crippen molar-refractivity contribution in [3.8, 4) is 5.75 Å². The first-order chi connectivity index (χ1) is 12.7. The van der Waals surface area contributed by atoms with E-state index in [1.807, 2.05) is 13.8 Å². The molecular formula is C18H16Cl2N2O4S. The second kappa shape index (κ2) is 9.03. The van der Waals surface area contributed by atoms with E-state index in [9.17, 15) is 14.7 Å². The number of aromatic carboxylic acids is 1. The van der Waals surface area contributed by atoms with Crippen LogP contribution in [0.15, 0.2) is 36.4 Å². The van der Waals surface area contributed by atoms with E-state index >= 15 is 0 Å². The number of rotatable bonds is 5. The first kappa shape index (κ1) is 21.0. The van der Waals surface area contributed by atoms with Gasteiger partial charge in [-0.25, -0.2) is 4.79 Å². The summed E-state index contributed by atoms with van der Waals surface area (Å²) in [5.41, 5.74) is 0.231. The summed E-state index contributed by atoms with van der Waals surface area (Å²) in [6.07, 6.45) is 0.0222. The van der Waals surface area contributed by atoms with Gasteiger partial charge in [0.1, 0.15) is 5.75 Å². The molecule has 2 aromatic carbocycles. The van der Waals surface area contributed by atoms with E-state index in [0.717, 1.165) is 0 Å². The number of halogens is 2. The summed E-state index contributed by atoms with van der Waals surface area (Å²) in [5, 5.41) is 14.5. The molecule has 0 atom stereocenters. The summed E-state index contributed by atoms with van der Waals surface area (Å²) in [6.45, 7) is 3.80. The smallest absolute Gasteiger partial charge is 0.337 e. The van der Waals surface area contributed by atoms with Crippen molar-refractivity contribution in [2.75, 3.05) is 5.32 Å². The molecule has 0 spiro atoms. The number of carboxylic acid groups (broad SMARTS) is 1. The molecule has 3 N–H and O–H groups in total. The first-order valence-corrected chi connectivity index (χ1v) is 8.95. The van der Waals surface area contributed by atoms with Gasteiger partial charge in [0.15, 0.2) is 5.11 Å². The fraction of sp³-hybridized carbons (Fsp3) is 0.167. The van der Waals surface area contributed by atoms with Gasteiger partial charge in [0, 0.05) is 10.6 Å². The molecule has 2 rings (SSSR count). The second-order valence-electron chi connectivity index (χ2n) is 5.71. The van der Waals surface area contributed by atoms with Crippen LogP contribution in [0.25, 0.3) is 0 Å². The van der Waals surface area contributed by atoms with Crippen LogP contribution in [0.2, 0.25) is 10.0 Å². The Kier molecular flexibility index (Phi) is 7.01. The molecule has 2 aromatic rings. The van der Waals surface area contributed by atoms with Crippen molar-refractivity contribution >= 4 is 58.1 Å². The predicted octanol–water partition coefficient (Wildman–Crippen LogP) is 4.61. The van der Waals surface area contributed by atoms with E-state index in [4.69, 9.17) is 40.2 Å². The zero-order chi connectivity index (χ0) is 20.1. The topological polar surface area (TPSA) is 87.7 Å². The molecule has 0 bridgehead atoms. The van der Waals surface area contributed by atoms with Gasteiger partial charge in [-0.1, -0.05) is 23.2 Å². The Balaban J connectivity index is 2.10. The first-order valence-electron chi connectivity index (χ1n) is 7.78. The summed E-state index contributed by atoms with van der Waals surface area (Å²) in [4.78, 5) is 23.6. The molecule has 6 nitrogen and oxygen atoms in total. The molecule has 1 amide bonds. The van der Waals surface area contributed by atoms with Gasteiger partial charge in [-0.3, -0.25) is 10.1 Å². The van der Waals surface area contributed by atoms with E-state index in [-0.39, 0.29) is 32.5 Å². The lowest BCUT2D eigenvalue weighted by atomic mass is 10.2. The summed E-state index contributed by atoms with van der Waals surface area (Å²) < 4.78 is 5.52. The van der Waals surface area contributed by atoms with E-state index in [1.165, 1.54) is 12.1 Å². The highest BCUT2D eigenvalue weighted by molar-refractivity contribution is 7.80. The van der Waals surface area contributed by atoms with Gasteiger partial charge < -0.3 is 15.2 Å². The number of ether oxygens (including phenoxy) is 1. The standard InChI is InChI=1S/C18H16Cl2N2O4S/c1-9(2)26-12-5-3-10(4-6-12)16(23)22-18(27)21-15-13(17(24)25)7-11(19)8-14(15)20/h3-9H,1-2H3,(H,24,25)(H2,21,22,23,27). The number of benzene rings is 2. The Labute approximate surface area is 171 Å². The highest BCUT2D eigenvalue weighted by Gasteiger charge is 2.17. The van der Waals surface area contributed by atoms with Gasteiger partial charge in [0.25, 0.3) is 5.91 Å². The molecule has 0 aliphatic rings. The van der Waals surface area contributed by atoms with Gasteiger partial charge in [0.05, 0.1) is 22.4 Å². The molecule has 0 aromatic heterocycles. The van der Waals surface area contributed by atoms with Crippen LogP contribution in [0.1, 0.15) is 34.6 Å². The van der Waals surface area contributed by atoms with Crippen molar-refractivity contribution in [3.05, 3.63) is 57.6 Å². The molecular weight excluding hydrogens is 411 g/mol. The highest BCUT2D eigenvalue weighted by atomic mass is 35.5. The van der Waals surface area contributed by atoms with Crippen LogP contribution in [-0.4, -0.2) is 28.2 Å². The zero-order valence-corrected chi connectivity index (χ0v) is 16.7. The minimum absolute atomic E-state index is 0.0222. The molecule has 27 heavy (non-hydrogen) atoms. The molecule has 0 saturated heterocycles. The fourth-order valence-electron chi connectivity index (χ4n) is 2.15. The lowest BCUT2D eigenvalue weighted by molar-refractivity contribution is 0.0697. The largest absolute Gasteiger partial charge is 0.491 e. The van der Waals surface area contributed by atoms with Crippen LogP contribution in [0.5, 0.6) is 5.75 Å². The number of amides is 1. The summed E-state index contributed by atoms with van der Waals surface area (Å²) in [6, 6.07) is 9.13. The third-order valence-electron chi connectivity index (χ3n) is 3.24. The predicted molar refractivity (Wildman–Crippen MR) is 109 cm³/mol. The number of hydrogen-bond donors (Lipinski definition) is 3. The van der Waals surface area contributed by atoms with Crippen LogP contribution in [0, 0.1) is 0 Å². The quantitative estimate of drug-likeness (QED) is 0.605. The van der Waals surface area contributed by atoms with Gasteiger partial charge in [-0.2, -0.15) is 0 Å². The Bertz CT molecular complexity index is 886. The summed E-state index contributed by atoms with van der Waals surface area (Å²) >= 11 is 16.9. The van der Waals surface area contributed by atoms with Crippen molar-refractivity contribution in [3.63, 3.8) is 0 Å². The summed E-state index contributed by atoms with van der Waals surface area (Å²) in [7, 11) is 0. The van der Waals surface area contributed by atoms with E-state index in [0.29, 0.717) is 11.3 Å². The zero-order valence-electron chi connectivity index (χ0n) is 14.4. The maximum Gasteiger partial charge on any atom is 0.337 e. The molecule has 0 unspecified atom stereocenters. The van der Waals surface area contributed by atoms with Crippen LogP contribution in [-0.2, 0) is 0 Å². The van der Waals surface area contributed by atoms with Crippen molar-refractivity contribution in [2.45, 2.75) is 20.0 Å². The molecule has 0 aliphatic heterocycles. The third-order valence-corrected chi connectivity index (χ3v) is 3.96. The number of hydrogen-bond acceptors (Lipinski definition) is 4. The average molecular weight is 427 g/mol. The molecule has 0 radical (unpaired) electrons. The van der Waals surface area contributed by atoms with Crippen molar-refractivity contribution < 1.29 is 19.4 Å². The molecule has 0 aliphatic carbocycles. The SMILES string of the molecule is CC(C)Oc1ccc(C(=O)NC(=S)Nc2c(Cl)cc(Cl)cc2C(=O)O)cc1. The number of anilines is 1. The minimum atomic E-state index is -1.24. The van der Waals surface area contributed by atoms with Crippen molar-refractivity contribution in [1.82, 2.24) is 5.32 Å². The van der Waals surface area contributed by atoms with Gasteiger partial charge in [-0.15, -0.1) is 0 Å². The maximum absolute atomic E-state index is 12.3. The van der Waals surface area contributed by atoms with E-state index in [1.54, 1.807) is 24.3 Å². The second-order valence-corrected chi connectivity index (χ2v) is 6.97. The molecule has 142 valence electrons. The van der Waals surface area contributed by atoms with Crippen molar-refractivity contribution in [1.29, 1.82) is 0 Å². The lowest BCUT2D eigenvalue weighted by Crippen LogP contribution is -2.34. The van der Waals surface area contributed by atoms with Gasteiger partial charge >= 0.3 is 5.97 Å². The number of thiocarbonyl (C=S) groups is 1. The highest BCUT2D eigenvalue weighted by Crippen LogP contribution is 2.30. The Hall–Kier alpha value is -2.35. The third kappa shape index (κ3) is 5.82. The summed E-state index contributed by atoms with van der Waals surface area (Å²) in [5.74, 6) is -1.07. The molecule has 0 heterocycles. The van der Waals surface area contributed by atoms with Crippen LogP contribution >= 0.6 is 35.4 Å². The fourth-order valence-corrected chi connectivity index (χ4v) is 2.88. The normalized spacial score (nSPS) is 10.4. The van der Waals surface area contributed by atoms with Crippen LogP contribution < -0.4 is 15.4 Å². The lowest BCUT2D eigenvalue weighted by Gasteiger charge is -2.14. The van der Waals surface area contributed by atoms with Gasteiger partial charge in [0.2, 0.25) is 0 Å². The monoisotopic (exact) mass is 426 g/mol. The maximum atomic E-state index is 12.3. The van der Waals surface area contributed by atoms with Crippen LogP contribution in [0.3, 0.4) is 0 Å². The number of nitrogens with one attached hydrogen (secondary N) is 2.